The van der Waals surface area contributed by atoms with Gasteiger partial charge in [-0.15, -0.1) is 0 Å². The van der Waals surface area contributed by atoms with Crippen molar-refractivity contribution in [1.82, 2.24) is 9.97 Å². The topological polar surface area (TPSA) is 38.9 Å². The SMILES string of the molecule is Cc1ccc(-c2ccnc3c4c(oc23)CCCC4)nc1. The summed E-state index contributed by atoms with van der Waals surface area (Å²) in [7, 11) is 0. The molecule has 0 fully saturated rings. The van der Waals surface area contributed by atoms with Crippen LogP contribution in [0.3, 0.4) is 0 Å². The number of hydrogen-bond donors (Lipinski definition) is 0. The summed E-state index contributed by atoms with van der Waals surface area (Å²) in [5, 5.41) is 0. The minimum atomic E-state index is 0.899. The van der Waals surface area contributed by atoms with Crippen LogP contribution in [-0.4, -0.2) is 9.97 Å². The Hall–Kier alpha value is -2.16. The molecule has 20 heavy (non-hydrogen) atoms. The van der Waals surface area contributed by atoms with Crippen molar-refractivity contribution in [1.29, 1.82) is 0 Å². The summed E-state index contributed by atoms with van der Waals surface area (Å²) in [6.45, 7) is 2.05. The van der Waals surface area contributed by atoms with Crippen molar-refractivity contribution in [3.8, 4) is 11.3 Å². The van der Waals surface area contributed by atoms with Gasteiger partial charge in [-0.1, -0.05) is 6.07 Å². The maximum Gasteiger partial charge on any atom is 0.162 e. The number of aryl methyl sites for hydroxylation is 3. The lowest BCUT2D eigenvalue weighted by Crippen LogP contribution is -1.98. The van der Waals surface area contributed by atoms with Gasteiger partial charge in [-0.2, -0.15) is 0 Å². The van der Waals surface area contributed by atoms with Gasteiger partial charge in [-0.3, -0.25) is 9.97 Å². The predicted octanol–water partition coefficient (Wildman–Crippen LogP) is 4.08. The average Bonchev–Trinajstić information content (AvgIpc) is 2.87. The van der Waals surface area contributed by atoms with Crippen LogP contribution >= 0.6 is 0 Å². The highest BCUT2D eigenvalue weighted by Gasteiger charge is 2.21. The number of aromatic nitrogens is 2. The summed E-state index contributed by atoms with van der Waals surface area (Å²) in [4.78, 5) is 9.05. The van der Waals surface area contributed by atoms with E-state index in [2.05, 4.69) is 16.0 Å². The Balaban J connectivity index is 1.96. The molecular formula is C17H16N2O. The van der Waals surface area contributed by atoms with Crippen molar-refractivity contribution < 1.29 is 4.42 Å². The molecule has 0 aromatic carbocycles. The summed E-state index contributed by atoms with van der Waals surface area (Å²) in [6.07, 6.45) is 8.32. The Labute approximate surface area is 117 Å². The van der Waals surface area contributed by atoms with Crippen molar-refractivity contribution in [2.75, 3.05) is 0 Å². The second kappa shape index (κ2) is 4.44. The smallest absolute Gasteiger partial charge is 0.162 e. The van der Waals surface area contributed by atoms with Gasteiger partial charge >= 0.3 is 0 Å². The van der Waals surface area contributed by atoms with E-state index in [0.717, 1.165) is 46.5 Å². The Kier molecular flexibility index (Phi) is 2.59. The number of rotatable bonds is 1. The molecule has 0 saturated carbocycles. The monoisotopic (exact) mass is 264 g/mol. The quantitative estimate of drug-likeness (QED) is 0.665. The number of nitrogens with zero attached hydrogens (tertiary/aromatic N) is 2. The third-order valence-electron chi connectivity index (χ3n) is 4.02. The fourth-order valence-corrected chi connectivity index (χ4v) is 2.96. The van der Waals surface area contributed by atoms with Gasteiger partial charge in [0.2, 0.25) is 0 Å². The van der Waals surface area contributed by atoms with E-state index < -0.39 is 0 Å². The van der Waals surface area contributed by atoms with Crippen LogP contribution in [0.4, 0.5) is 0 Å². The minimum Gasteiger partial charge on any atom is -0.458 e. The molecule has 0 N–H and O–H groups in total. The molecule has 0 saturated heterocycles. The number of furan rings is 1. The maximum absolute atomic E-state index is 6.10. The van der Waals surface area contributed by atoms with Gasteiger partial charge in [-0.05, 0) is 43.9 Å². The Bertz CT molecular complexity index is 772. The Morgan fingerprint density at radius 2 is 1.95 bits per heavy atom. The number of pyridine rings is 2. The van der Waals surface area contributed by atoms with Crippen LogP contribution in [-0.2, 0) is 12.8 Å². The predicted molar refractivity (Wildman–Crippen MR) is 78.6 cm³/mol. The first-order chi connectivity index (χ1) is 9.83. The van der Waals surface area contributed by atoms with Gasteiger partial charge in [0.25, 0.3) is 0 Å². The summed E-state index contributed by atoms with van der Waals surface area (Å²) >= 11 is 0. The molecule has 100 valence electrons. The molecule has 4 rings (SSSR count). The molecule has 0 spiro atoms. The highest BCUT2D eigenvalue weighted by molar-refractivity contribution is 5.91. The minimum absolute atomic E-state index is 0.899. The highest BCUT2D eigenvalue weighted by atomic mass is 16.3. The zero-order valence-electron chi connectivity index (χ0n) is 11.5. The van der Waals surface area contributed by atoms with E-state index in [9.17, 15) is 0 Å². The summed E-state index contributed by atoms with van der Waals surface area (Å²) in [6, 6.07) is 6.12. The third-order valence-corrected chi connectivity index (χ3v) is 4.02. The molecule has 0 radical (unpaired) electrons. The van der Waals surface area contributed by atoms with Gasteiger partial charge in [0, 0.05) is 29.9 Å². The molecule has 3 aromatic rings. The Morgan fingerprint density at radius 3 is 2.80 bits per heavy atom. The molecule has 1 aliphatic carbocycles. The van der Waals surface area contributed by atoms with Crippen LogP contribution in [0.5, 0.6) is 0 Å². The zero-order chi connectivity index (χ0) is 13.5. The maximum atomic E-state index is 6.10. The molecule has 3 heteroatoms. The van der Waals surface area contributed by atoms with Crippen molar-refractivity contribution in [3.05, 3.63) is 47.5 Å². The second-order valence-corrected chi connectivity index (χ2v) is 5.47. The molecule has 0 unspecified atom stereocenters. The summed E-state index contributed by atoms with van der Waals surface area (Å²) < 4.78 is 6.10. The van der Waals surface area contributed by atoms with Gasteiger partial charge in [-0.25, -0.2) is 0 Å². The van der Waals surface area contributed by atoms with Crippen LogP contribution in [0, 0.1) is 6.92 Å². The molecule has 0 amide bonds. The van der Waals surface area contributed by atoms with Crippen LogP contribution in [0.2, 0.25) is 0 Å². The first-order valence-electron chi connectivity index (χ1n) is 7.15. The van der Waals surface area contributed by atoms with Gasteiger partial charge in [0.15, 0.2) is 5.58 Å². The van der Waals surface area contributed by atoms with E-state index in [-0.39, 0.29) is 0 Å². The molecule has 0 atom stereocenters. The van der Waals surface area contributed by atoms with E-state index in [1.54, 1.807) is 0 Å². The lowest BCUT2D eigenvalue weighted by atomic mass is 9.97. The highest BCUT2D eigenvalue weighted by Crippen LogP contribution is 2.35. The molecule has 3 nitrogen and oxygen atoms in total. The number of hydrogen-bond acceptors (Lipinski definition) is 3. The lowest BCUT2D eigenvalue weighted by Gasteiger charge is -2.07. The first kappa shape index (κ1) is 11.6. The van der Waals surface area contributed by atoms with Gasteiger partial charge in [0.05, 0.1) is 5.69 Å². The second-order valence-electron chi connectivity index (χ2n) is 5.47. The molecular weight excluding hydrogens is 248 g/mol. The van der Waals surface area contributed by atoms with Crippen LogP contribution in [0.15, 0.2) is 35.0 Å². The van der Waals surface area contributed by atoms with E-state index in [4.69, 9.17) is 4.42 Å². The zero-order valence-corrected chi connectivity index (χ0v) is 11.5. The average molecular weight is 264 g/mol. The summed E-state index contributed by atoms with van der Waals surface area (Å²) in [5.74, 6) is 1.12. The van der Waals surface area contributed by atoms with E-state index >= 15 is 0 Å². The Morgan fingerprint density at radius 1 is 1.05 bits per heavy atom. The largest absolute Gasteiger partial charge is 0.458 e. The fourth-order valence-electron chi connectivity index (χ4n) is 2.96. The third kappa shape index (κ3) is 1.73. The van der Waals surface area contributed by atoms with Gasteiger partial charge < -0.3 is 4.42 Å². The molecule has 1 aliphatic rings. The molecule has 0 aliphatic heterocycles. The van der Waals surface area contributed by atoms with Crippen LogP contribution in [0.1, 0.15) is 29.7 Å². The van der Waals surface area contributed by atoms with E-state index in [0.29, 0.717) is 0 Å². The van der Waals surface area contributed by atoms with Gasteiger partial charge in [0.1, 0.15) is 11.3 Å². The van der Waals surface area contributed by atoms with E-state index in [1.807, 2.05) is 31.5 Å². The molecule has 3 aromatic heterocycles. The van der Waals surface area contributed by atoms with Crippen LogP contribution < -0.4 is 0 Å². The number of fused-ring (bicyclic) bond motifs is 3. The first-order valence-corrected chi connectivity index (χ1v) is 7.15. The van der Waals surface area contributed by atoms with Crippen molar-refractivity contribution in [2.24, 2.45) is 0 Å². The lowest BCUT2D eigenvalue weighted by molar-refractivity contribution is 0.506. The van der Waals surface area contributed by atoms with Crippen molar-refractivity contribution in [2.45, 2.75) is 32.6 Å². The normalized spacial score (nSPS) is 14.4. The van der Waals surface area contributed by atoms with Crippen molar-refractivity contribution in [3.63, 3.8) is 0 Å². The van der Waals surface area contributed by atoms with Crippen LogP contribution in [0.25, 0.3) is 22.4 Å². The fraction of sp³-hybridized carbons (Fsp3) is 0.294. The molecule has 0 bridgehead atoms. The van der Waals surface area contributed by atoms with E-state index in [1.165, 1.54) is 18.4 Å². The standard InChI is InChI=1S/C17H16N2O/c1-11-6-7-14(19-10-11)12-8-9-18-16-13-4-2-3-5-15(13)20-17(12)16/h6-10H,2-5H2,1H3. The molecule has 3 heterocycles. The summed E-state index contributed by atoms with van der Waals surface area (Å²) in [5.41, 5.74) is 6.40. The van der Waals surface area contributed by atoms with Crippen molar-refractivity contribution >= 4 is 11.1 Å².